The average Bonchev–Trinajstić information content (AvgIpc) is 2.82. The smallest absolute Gasteiger partial charge is 0.0605 e. The molecule has 2 heterocycles. The van der Waals surface area contributed by atoms with Gasteiger partial charge in [-0.05, 0) is 73.3 Å². The lowest BCUT2D eigenvalue weighted by Crippen LogP contribution is -2.47. The van der Waals surface area contributed by atoms with Crippen LogP contribution in [0.1, 0.15) is 85.1 Å². The normalized spacial score (nSPS) is 22.8. The fraction of sp³-hybridized carbons (Fsp3) is 0.742. The highest BCUT2D eigenvalue weighted by atomic mass is 35.5. The van der Waals surface area contributed by atoms with Gasteiger partial charge in [0.25, 0.3) is 0 Å². The van der Waals surface area contributed by atoms with Crippen molar-refractivity contribution in [2.75, 3.05) is 62.7 Å². The monoisotopic (exact) mass is 517 g/mol. The molecule has 0 saturated carbocycles. The fourth-order valence-electron chi connectivity index (χ4n) is 6.96. The molecule has 0 spiro atoms. The van der Waals surface area contributed by atoms with Gasteiger partial charge in [0.15, 0.2) is 0 Å². The van der Waals surface area contributed by atoms with Crippen molar-refractivity contribution in [3.8, 4) is 0 Å². The maximum absolute atomic E-state index is 5.63. The van der Waals surface area contributed by atoms with Crippen molar-refractivity contribution < 1.29 is 4.74 Å². The maximum Gasteiger partial charge on any atom is 0.0605 e. The third kappa shape index (κ3) is 7.42. The molecule has 4 rings (SSSR count). The molecule has 4 nitrogen and oxygen atoms in total. The number of nitrogens with zero attached hydrogens (tertiary/aromatic N) is 3. The summed E-state index contributed by atoms with van der Waals surface area (Å²) in [6.07, 6.45) is 11.7. The Hall–Kier alpha value is -1.23. The summed E-state index contributed by atoms with van der Waals surface area (Å²) in [4.78, 5) is 7.92. The van der Waals surface area contributed by atoms with Gasteiger partial charge in [0.1, 0.15) is 0 Å². The summed E-state index contributed by atoms with van der Waals surface area (Å²) >= 11 is 0. The van der Waals surface area contributed by atoms with Crippen molar-refractivity contribution in [3.63, 3.8) is 0 Å². The molecule has 1 aromatic rings. The van der Waals surface area contributed by atoms with E-state index < -0.39 is 0 Å². The largest absolute Gasteiger partial charge is 0.381 e. The second-order valence-electron chi connectivity index (χ2n) is 12.8. The lowest BCUT2D eigenvalue weighted by molar-refractivity contribution is 0.0819. The summed E-state index contributed by atoms with van der Waals surface area (Å²) in [5.41, 5.74) is 6.44. The van der Waals surface area contributed by atoms with Crippen LogP contribution in [0.15, 0.2) is 24.3 Å². The zero-order valence-electron chi connectivity index (χ0n) is 23.9. The Bertz CT molecular complexity index is 865. The second-order valence-corrected chi connectivity index (χ2v) is 12.8. The minimum atomic E-state index is 0. The van der Waals surface area contributed by atoms with E-state index in [1.165, 1.54) is 62.3 Å². The van der Waals surface area contributed by atoms with E-state index in [0.29, 0.717) is 11.5 Å². The Balaban J connectivity index is 0.00000361. The molecule has 0 aromatic heterocycles. The fourth-order valence-corrected chi connectivity index (χ4v) is 6.96. The van der Waals surface area contributed by atoms with Gasteiger partial charge in [-0.1, -0.05) is 53.5 Å². The van der Waals surface area contributed by atoms with Crippen LogP contribution in [0.3, 0.4) is 0 Å². The first-order chi connectivity index (χ1) is 16.7. The molecular weight excluding hydrogens is 466 g/mol. The molecule has 0 unspecified atom stereocenters. The number of hydrogen-bond acceptors (Lipinski definition) is 4. The molecule has 2 aliphatic heterocycles. The van der Waals surface area contributed by atoms with E-state index in [-0.39, 0.29) is 17.8 Å². The zero-order valence-corrected chi connectivity index (χ0v) is 24.8. The van der Waals surface area contributed by atoms with Gasteiger partial charge in [-0.15, -0.1) is 12.4 Å². The standard InChI is InChI=1S/C31H51N3O.ClH/c1-7-8-9-14-32-17-19-34(20-18-32)29-11-10-26(33-15-12-27(35-6)13-16-33)21-28(29)25-22-30(2,3)24-31(4,5)23-25;/h10-11,21-22,27H,7-9,12-20,23-24H2,1-6H3;1H. The highest BCUT2D eigenvalue weighted by Gasteiger charge is 2.35. The van der Waals surface area contributed by atoms with E-state index in [0.717, 1.165) is 45.4 Å². The van der Waals surface area contributed by atoms with Gasteiger partial charge in [0.05, 0.1) is 6.10 Å². The lowest BCUT2D eigenvalue weighted by atomic mass is 9.65. The van der Waals surface area contributed by atoms with E-state index in [9.17, 15) is 0 Å². The van der Waals surface area contributed by atoms with Crippen LogP contribution in [0.5, 0.6) is 0 Å². The van der Waals surface area contributed by atoms with Crippen molar-refractivity contribution in [1.29, 1.82) is 0 Å². The Morgan fingerprint density at radius 3 is 2.22 bits per heavy atom. The summed E-state index contributed by atoms with van der Waals surface area (Å²) in [5, 5.41) is 0. The number of allylic oxidation sites excluding steroid dienone is 2. The van der Waals surface area contributed by atoms with Crippen LogP contribution in [0.4, 0.5) is 11.4 Å². The van der Waals surface area contributed by atoms with Crippen molar-refractivity contribution in [2.45, 2.75) is 85.7 Å². The van der Waals surface area contributed by atoms with Gasteiger partial charge in [-0.2, -0.15) is 0 Å². The van der Waals surface area contributed by atoms with Crippen molar-refractivity contribution >= 4 is 29.4 Å². The average molecular weight is 518 g/mol. The number of piperidine rings is 1. The molecule has 2 fully saturated rings. The molecule has 36 heavy (non-hydrogen) atoms. The van der Waals surface area contributed by atoms with Crippen LogP contribution in [0.2, 0.25) is 0 Å². The molecule has 1 aliphatic carbocycles. The maximum atomic E-state index is 5.63. The minimum Gasteiger partial charge on any atom is -0.381 e. The number of halogens is 1. The molecule has 0 amide bonds. The summed E-state index contributed by atoms with van der Waals surface area (Å²) in [6, 6.07) is 7.36. The van der Waals surface area contributed by atoms with Crippen molar-refractivity contribution in [1.82, 2.24) is 4.90 Å². The highest BCUT2D eigenvalue weighted by Crippen LogP contribution is 2.49. The van der Waals surface area contributed by atoms with Crippen LogP contribution >= 0.6 is 12.4 Å². The van der Waals surface area contributed by atoms with E-state index in [1.54, 1.807) is 5.57 Å². The number of anilines is 2. The number of ether oxygens (including phenoxy) is 1. The second kappa shape index (κ2) is 12.5. The predicted molar refractivity (Wildman–Crippen MR) is 159 cm³/mol. The van der Waals surface area contributed by atoms with Crippen LogP contribution in [0.25, 0.3) is 5.57 Å². The van der Waals surface area contributed by atoms with Crippen molar-refractivity contribution in [2.24, 2.45) is 10.8 Å². The van der Waals surface area contributed by atoms with E-state index >= 15 is 0 Å². The van der Waals surface area contributed by atoms with Crippen LogP contribution in [-0.2, 0) is 4.74 Å². The van der Waals surface area contributed by atoms with Gasteiger partial charge in [-0.25, -0.2) is 0 Å². The van der Waals surface area contributed by atoms with Gasteiger partial charge in [-0.3, -0.25) is 4.90 Å². The van der Waals surface area contributed by atoms with Crippen LogP contribution < -0.4 is 9.80 Å². The number of unbranched alkanes of at least 4 members (excludes halogenated alkanes) is 2. The Kier molecular flexibility index (Phi) is 10.2. The summed E-state index contributed by atoms with van der Waals surface area (Å²) < 4.78 is 5.63. The molecule has 1 aromatic carbocycles. The first-order valence-corrected chi connectivity index (χ1v) is 14.3. The molecule has 3 aliphatic rings. The first-order valence-electron chi connectivity index (χ1n) is 14.3. The Labute approximate surface area is 227 Å². The first kappa shape index (κ1) is 29.3. The Morgan fingerprint density at radius 2 is 1.61 bits per heavy atom. The number of rotatable bonds is 8. The topological polar surface area (TPSA) is 19.0 Å². The molecule has 0 N–H and O–H groups in total. The number of benzene rings is 1. The minimum absolute atomic E-state index is 0. The zero-order chi connectivity index (χ0) is 25.1. The number of piperazine rings is 1. The number of hydrogen-bond donors (Lipinski definition) is 0. The molecule has 5 heteroatoms. The quantitative estimate of drug-likeness (QED) is 0.337. The van der Waals surface area contributed by atoms with Gasteiger partial charge in [0, 0.05) is 63.3 Å². The van der Waals surface area contributed by atoms with E-state index in [1.807, 2.05) is 7.11 Å². The summed E-state index contributed by atoms with van der Waals surface area (Å²) in [7, 11) is 1.86. The SMILES string of the molecule is CCCCCN1CCN(c2ccc(N3CCC(OC)CC3)cc2C2=CC(C)(C)CC(C)(C)C2)CC1.Cl. The van der Waals surface area contributed by atoms with Crippen LogP contribution in [-0.4, -0.2) is 63.9 Å². The molecule has 2 saturated heterocycles. The molecular formula is C31H52ClN3O. The van der Waals surface area contributed by atoms with Crippen LogP contribution in [0, 0.1) is 10.8 Å². The Morgan fingerprint density at radius 1 is 0.917 bits per heavy atom. The summed E-state index contributed by atoms with van der Waals surface area (Å²) in [6.45, 7) is 20.1. The van der Waals surface area contributed by atoms with Gasteiger partial charge < -0.3 is 14.5 Å². The highest BCUT2D eigenvalue weighted by molar-refractivity contribution is 5.85. The predicted octanol–water partition coefficient (Wildman–Crippen LogP) is 7.27. The summed E-state index contributed by atoms with van der Waals surface area (Å²) in [5.74, 6) is 0. The molecule has 0 radical (unpaired) electrons. The third-order valence-corrected chi connectivity index (χ3v) is 8.43. The lowest BCUT2D eigenvalue weighted by Gasteiger charge is -2.42. The molecule has 0 atom stereocenters. The van der Waals surface area contributed by atoms with E-state index in [4.69, 9.17) is 4.74 Å². The third-order valence-electron chi connectivity index (χ3n) is 8.43. The molecule has 204 valence electrons. The molecule has 0 bridgehead atoms. The number of methoxy groups -OCH3 is 1. The van der Waals surface area contributed by atoms with Gasteiger partial charge >= 0.3 is 0 Å². The van der Waals surface area contributed by atoms with E-state index in [2.05, 4.69) is 73.6 Å². The van der Waals surface area contributed by atoms with Gasteiger partial charge in [0.2, 0.25) is 0 Å². The van der Waals surface area contributed by atoms with Crippen molar-refractivity contribution in [3.05, 3.63) is 29.8 Å².